The monoisotopic (exact) mass is 574 g/mol. The topological polar surface area (TPSA) is 108 Å². The van der Waals surface area contributed by atoms with E-state index >= 15 is 0 Å². The van der Waals surface area contributed by atoms with Crippen molar-refractivity contribution in [3.8, 4) is 0 Å². The number of fused-ring (bicyclic) bond motifs is 1. The van der Waals surface area contributed by atoms with Crippen LogP contribution in [0.25, 0.3) is 11.3 Å². The maximum atomic E-state index is 13.3. The van der Waals surface area contributed by atoms with E-state index in [4.69, 9.17) is 4.74 Å². The van der Waals surface area contributed by atoms with Gasteiger partial charge in [0.25, 0.3) is 5.91 Å². The van der Waals surface area contributed by atoms with Crippen molar-refractivity contribution in [2.24, 2.45) is 0 Å². The highest BCUT2D eigenvalue weighted by molar-refractivity contribution is 7.92. The molecule has 2 aliphatic heterocycles. The second kappa shape index (κ2) is 12.2. The lowest BCUT2D eigenvalue weighted by atomic mass is 9.99. The van der Waals surface area contributed by atoms with Crippen LogP contribution in [-0.2, 0) is 19.6 Å². The number of anilines is 3. The summed E-state index contributed by atoms with van der Waals surface area (Å²) < 4.78 is 31.8. The van der Waals surface area contributed by atoms with Crippen molar-refractivity contribution in [3.63, 3.8) is 0 Å². The number of hydrogen-bond donors (Lipinski definition) is 2. The van der Waals surface area contributed by atoms with Crippen LogP contribution in [0.5, 0.6) is 0 Å². The van der Waals surface area contributed by atoms with Gasteiger partial charge in [0.1, 0.15) is 0 Å². The van der Waals surface area contributed by atoms with Gasteiger partial charge in [0.2, 0.25) is 10.0 Å². The SMILES string of the molecule is CCOC(=O)c1ccc2c(c1)NC(=O)/C2=C(\Nc1ccc(N(CCN2CCCC2)S(C)(=O)=O)cc1)c1ccccc1. The minimum Gasteiger partial charge on any atom is -0.462 e. The Kier molecular flexibility index (Phi) is 8.41. The summed E-state index contributed by atoms with van der Waals surface area (Å²) in [6.07, 6.45) is 3.52. The standard InChI is InChI=1S/C31H34N4O5S/c1-3-40-31(37)23-11-16-26-27(21-23)33-30(36)28(26)29(22-9-5-4-6-10-22)32-24-12-14-25(15-13-24)35(41(2,38)39)20-19-34-17-7-8-18-34/h4-6,9-16,21,32H,3,7-8,17-20H2,1-2H3,(H,33,36)/b29-28-. The number of esters is 1. The van der Waals surface area contributed by atoms with Crippen molar-refractivity contribution in [3.05, 3.63) is 89.5 Å². The molecular formula is C31H34N4O5S. The van der Waals surface area contributed by atoms with E-state index in [0.717, 1.165) is 31.5 Å². The number of sulfonamides is 1. The summed E-state index contributed by atoms with van der Waals surface area (Å²) in [5, 5.41) is 6.28. The van der Waals surface area contributed by atoms with Crippen LogP contribution in [0.1, 0.15) is 41.3 Å². The number of ether oxygens (including phenoxy) is 1. The fourth-order valence-electron chi connectivity index (χ4n) is 5.23. The molecule has 0 bridgehead atoms. The average Bonchev–Trinajstić information content (AvgIpc) is 3.59. The Morgan fingerprint density at radius 3 is 2.37 bits per heavy atom. The van der Waals surface area contributed by atoms with Gasteiger partial charge in [0.15, 0.2) is 0 Å². The molecule has 0 aromatic heterocycles. The van der Waals surface area contributed by atoms with E-state index in [2.05, 4.69) is 15.5 Å². The molecule has 1 saturated heterocycles. The Labute approximate surface area is 240 Å². The molecule has 2 heterocycles. The number of likely N-dealkylation sites (tertiary alicyclic amines) is 1. The van der Waals surface area contributed by atoms with Crippen LogP contribution in [0.3, 0.4) is 0 Å². The quantitative estimate of drug-likeness (QED) is 0.268. The molecule has 41 heavy (non-hydrogen) atoms. The first-order valence-corrected chi connectivity index (χ1v) is 15.6. The van der Waals surface area contributed by atoms with Crippen molar-refractivity contribution in [2.45, 2.75) is 19.8 Å². The Morgan fingerprint density at radius 1 is 1.00 bits per heavy atom. The van der Waals surface area contributed by atoms with Gasteiger partial charge < -0.3 is 20.3 Å². The van der Waals surface area contributed by atoms with E-state index in [1.165, 1.54) is 10.6 Å². The maximum Gasteiger partial charge on any atom is 0.338 e. The maximum absolute atomic E-state index is 13.3. The molecule has 1 amide bonds. The average molecular weight is 575 g/mol. The largest absolute Gasteiger partial charge is 0.462 e. The summed E-state index contributed by atoms with van der Waals surface area (Å²) in [4.78, 5) is 27.8. The Bertz CT molecular complexity index is 1560. The Balaban J connectivity index is 1.46. The van der Waals surface area contributed by atoms with E-state index < -0.39 is 16.0 Å². The highest BCUT2D eigenvalue weighted by Gasteiger charge is 2.29. The second-order valence-electron chi connectivity index (χ2n) is 10.1. The summed E-state index contributed by atoms with van der Waals surface area (Å²) in [6, 6.07) is 21.7. The van der Waals surface area contributed by atoms with Crippen molar-refractivity contribution in [2.75, 3.05) is 54.0 Å². The smallest absolute Gasteiger partial charge is 0.338 e. The van der Waals surface area contributed by atoms with Crippen molar-refractivity contribution >= 4 is 50.2 Å². The molecule has 1 fully saturated rings. The zero-order chi connectivity index (χ0) is 29.0. The first kappa shape index (κ1) is 28.4. The number of carbonyl (C=O) groups excluding carboxylic acids is 2. The van der Waals surface area contributed by atoms with Gasteiger partial charge in [-0.3, -0.25) is 9.10 Å². The van der Waals surface area contributed by atoms with E-state index in [9.17, 15) is 18.0 Å². The molecule has 10 heteroatoms. The highest BCUT2D eigenvalue weighted by atomic mass is 32.2. The summed E-state index contributed by atoms with van der Waals surface area (Å²) in [6.45, 7) is 5.07. The number of amides is 1. The van der Waals surface area contributed by atoms with Crippen LogP contribution in [0.2, 0.25) is 0 Å². The molecule has 214 valence electrons. The lowest BCUT2D eigenvalue weighted by Gasteiger charge is -2.25. The molecule has 0 aliphatic carbocycles. The number of hydrogen-bond acceptors (Lipinski definition) is 7. The molecule has 0 unspecified atom stereocenters. The number of nitrogens with one attached hydrogen (secondary N) is 2. The second-order valence-corrected chi connectivity index (χ2v) is 12.0. The Hall–Kier alpha value is -4.15. The van der Waals surface area contributed by atoms with E-state index in [0.29, 0.717) is 52.5 Å². The zero-order valence-corrected chi connectivity index (χ0v) is 24.0. The van der Waals surface area contributed by atoms with E-state index in [-0.39, 0.29) is 12.5 Å². The molecule has 0 atom stereocenters. The van der Waals surface area contributed by atoms with Crippen LogP contribution in [0.4, 0.5) is 17.1 Å². The number of nitrogens with zero attached hydrogens (tertiary/aromatic N) is 2. The molecule has 2 N–H and O–H groups in total. The van der Waals surface area contributed by atoms with Gasteiger partial charge >= 0.3 is 5.97 Å². The predicted octanol–water partition coefficient (Wildman–Crippen LogP) is 4.66. The van der Waals surface area contributed by atoms with Gasteiger partial charge in [0.05, 0.1) is 41.1 Å². The summed E-state index contributed by atoms with van der Waals surface area (Å²) in [5.41, 5.74) is 4.66. The van der Waals surface area contributed by atoms with Crippen LogP contribution < -0.4 is 14.9 Å². The predicted molar refractivity (Wildman–Crippen MR) is 162 cm³/mol. The molecule has 5 rings (SSSR count). The summed E-state index contributed by atoms with van der Waals surface area (Å²) >= 11 is 0. The Morgan fingerprint density at radius 2 is 1.71 bits per heavy atom. The van der Waals surface area contributed by atoms with Gasteiger partial charge in [-0.1, -0.05) is 36.4 Å². The van der Waals surface area contributed by atoms with Crippen LogP contribution in [-0.4, -0.2) is 64.2 Å². The van der Waals surface area contributed by atoms with Crippen LogP contribution in [0.15, 0.2) is 72.8 Å². The number of rotatable bonds is 10. The first-order chi connectivity index (χ1) is 19.7. The van der Waals surface area contributed by atoms with E-state index in [1.54, 1.807) is 37.3 Å². The summed E-state index contributed by atoms with van der Waals surface area (Å²) in [7, 11) is -3.46. The molecule has 9 nitrogen and oxygen atoms in total. The van der Waals surface area contributed by atoms with Gasteiger partial charge in [-0.2, -0.15) is 0 Å². The molecular weight excluding hydrogens is 540 g/mol. The molecule has 0 spiro atoms. The molecule has 3 aromatic rings. The number of carbonyl (C=O) groups is 2. The van der Waals surface area contributed by atoms with Gasteiger partial charge in [-0.25, -0.2) is 13.2 Å². The highest BCUT2D eigenvalue weighted by Crippen LogP contribution is 2.38. The third kappa shape index (κ3) is 6.44. The van der Waals surface area contributed by atoms with Crippen molar-refractivity contribution in [1.29, 1.82) is 0 Å². The molecule has 3 aromatic carbocycles. The first-order valence-electron chi connectivity index (χ1n) is 13.7. The number of benzene rings is 3. The van der Waals surface area contributed by atoms with E-state index in [1.807, 2.05) is 42.5 Å². The molecule has 0 saturated carbocycles. The lowest BCUT2D eigenvalue weighted by Crippen LogP contribution is -2.37. The minimum absolute atomic E-state index is 0.259. The fourth-order valence-corrected chi connectivity index (χ4v) is 6.14. The fraction of sp³-hybridized carbons (Fsp3) is 0.290. The zero-order valence-electron chi connectivity index (χ0n) is 23.2. The normalized spacial score (nSPS) is 16.2. The minimum atomic E-state index is -3.46. The lowest BCUT2D eigenvalue weighted by molar-refractivity contribution is -0.110. The van der Waals surface area contributed by atoms with Crippen molar-refractivity contribution < 1.29 is 22.7 Å². The van der Waals surface area contributed by atoms with Crippen LogP contribution >= 0.6 is 0 Å². The molecule has 2 aliphatic rings. The van der Waals surface area contributed by atoms with Crippen molar-refractivity contribution in [1.82, 2.24) is 4.90 Å². The van der Waals surface area contributed by atoms with Gasteiger partial charge in [-0.05, 0) is 74.8 Å². The summed E-state index contributed by atoms with van der Waals surface area (Å²) in [5.74, 6) is -0.749. The van der Waals surface area contributed by atoms with Gasteiger partial charge in [0, 0.05) is 24.3 Å². The van der Waals surface area contributed by atoms with Crippen LogP contribution in [0, 0.1) is 0 Å². The molecule has 0 radical (unpaired) electrons. The third-order valence-electron chi connectivity index (χ3n) is 7.23. The van der Waals surface area contributed by atoms with Gasteiger partial charge in [-0.15, -0.1) is 0 Å². The third-order valence-corrected chi connectivity index (χ3v) is 8.42.